The van der Waals surface area contributed by atoms with Gasteiger partial charge >= 0.3 is 0 Å². The van der Waals surface area contributed by atoms with E-state index < -0.39 is 11.4 Å². The zero-order valence-electron chi connectivity index (χ0n) is 9.76. The normalized spacial score (nSPS) is 11.4. The van der Waals surface area contributed by atoms with E-state index in [0.717, 1.165) is 0 Å². The van der Waals surface area contributed by atoms with Crippen molar-refractivity contribution in [1.82, 2.24) is 5.32 Å². The van der Waals surface area contributed by atoms with E-state index >= 15 is 0 Å². The lowest BCUT2D eigenvalue weighted by Crippen LogP contribution is -2.44. The second-order valence-corrected chi connectivity index (χ2v) is 5.29. The zero-order chi connectivity index (χ0) is 13.1. The topological polar surface area (TPSA) is 49.3 Å². The Balaban J connectivity index is 2.80. The fraction of sp³-hybridized carbons (Fsp3) is 0.417. The van der Waals surface area contributed by atoms with Gasteiger partial charge in [0.1, 0.15) is 5.82 Å². The van der Waals surface area contributed by atoms with Crippen molar-refractivity contribution in [3.8, 4) is 0 Å². The summed E-state index contributed by atoms with van der Waals surface area (Å²) in [5, 5.41) is 11.6. The van der Waals surface area contributed by atoms with Crippen LogP contribution in [-0.2, 0) is 0 Å². The molecule has 1 aromatic rings. The molecule has 1 amide bonds. The molecule has 2 N–H and O–H groups in total. The Kier molecular flexibility index (Phi) is 4.65. The molecule has 94 valence electrons. The molecule has 0 aromatic heterocycles. The summed E-state index contributed by atoms with van der Waals surface area (Å²) in [5.41, 5.74) is -0.114. The Bertz CT molecular complexity index is 421. The van der Waals surface area contributed by atoms with E-state index in [1.807, 2.05) is 13.8 Å². The van der Waals surface area contributed by atoms with Gasteiger partial charge in [-0.3, -0.25) is 4.79 Å². The van der Waals surface area contributed by atoms with E-state index in [-0.39, 0.29) is 17.0 Å². The SMILES string of the molecule is CC(C)(CCO)NC(=O)c1ccc(F)c(Br)c1. The maximum atomic E-state index is 13.0. The highest BCUT2D eigenvalue weighted by Crippen LogP contribution is 2.17. The molecule has 0 bridgehead atoms. The molecule has 5 heteroatoms. The fourth-order valence-corrected chi connectivity index (χ4v) is 1.74. The number of halogens is 2. The molecule has 1 rings (SSSR count). The Morgan fingerprint density at radius 1 is 1.53 bits per heavy atom. The van der Waals surface area contributed by atoms with E-state index in [0.29, 0.717) is 12.0 Å². The van der Waals surface area contributed by atoms with Crippen molar-refractivity contribution in [3.63, 3.8) is 0 Å². The first-order valence-corrected chi connectivity index (χ1v) is 6.03. The quantitative estimate of drug-likeness (QED) is 0.898. The van der Waals surface area contributed by atoms with Gasteiger partial charge in [-0.1, -0.05) is 0 Å². The molecular weight excluding hydrogens is 289 g/mol. The van der Waals surface area contributed by atoms with E-state index in [2.05, 4.69) is 21.2 Å². The van der Waals surface area contributed by atoms with Gasteiger partial charge in [-0.25, -0.2) is 4.39 Å². The fourth-order valence-electron chi connectivity index (χ4n) is 1.36. The number of benzene rings is 1. The van der Waals surface area contributed by atoms with Crippen LogP contribution in [0, 0.1) is 5.82 Å². The highest BCUT2D eigenvalue weighted by molar-refractivity contribution is 9.10. The minimum Gasteiger partial charge on any atom is -0.396 e. The van der Waals surface area contributed by atoms with Gasteiger partial charge in [0, 0.05) is 17.7 Å². The van der Waals surface area contributed by atoms with E-state index in [4.69, 9.17) is 5.11 Å². The molecule has 0 heterocycles. The lowest BCUT2D eigenvalue weighted by atomic mass is 10.0. The Hall–Kier alpha value is -0.940. The molecule has 0 aliphatic heterocycles. The molecule has 0 aliphatic carbocycles. The maximum absolute atomic E-state index is 13.0. The smallest absolute Gasteiger partial charge is 0.251 e. The number of nitrogens with one attached hydrogen (secondary N) is 1. The largest absolute Gasteiger partial charge is 0.396 e. The van der Waals surface area contributed by atoms with Crippen LogP contribution in [0.15, 0.2) is 22.7 Å². The Labute approximate surface area is 108 Å². The summed E-state index contributed by atoms with van der Waals surface area (Å²) in [6.07, 6.45) is 0.459. The highest BCUT2D eigenvalue weighted by Gasteiger charge is 2.20. The third kappa shape index (κ3) is 4.09. The molecule has 0 saturated carbocycles. The van der Waals surface area contributed by atoms with Gasteiger partial charge in [0.2, 0.25) is 0 Å². The second-order valence-electron chi connectivity index (χ2n) is 4.44. The van der Waals surface area contributed by atoms with Crippen molar-refractivity contribution < 1.29 is 14.3 Å². The van der Waals surface area contributed by atoms with Crippen molar-refractivity contribution in [1.29, 1.82) is 0 Å². The molecule has 0 aliphatic rings. The van der Waals surface area contributed by atoms with Crippen LogP contribution < -0.4 is 5.32 Å². The number of amides is 1. The first kappa shape index (κ1) is 14.1. The lowest BCUT2D eigenvalue weighted by molar-refractivity contribution is 0.0899. The van der Waals surface area contributed by atoms with Gasteiger partial charge in [-0.15, -0.1) is 0 Å². The minimum atomic E-state index is -0.493. The molecule has 0 unspecified atom stereocenters. The van der Waals surface area contributed by atoms with E-state index in [1.54, 1.807) is 0 Å². The molecule has 0 fully saturated rings. The number of rotatable bonds is 4. The van der Waals surface area contributed by atoms with Crippen LogP contribution in [0.2, 0.25) is 0 Å². The number of carbonyl (C=O) groups excluding carboxylic acids is 1. The number of aliphatic hydroxyl groups is 1. The van der Waals surface area contributed by atoms with Crippen LogP contribution in [0.5, 0.6) is 0 Å². The summed E-state index contributed by atoms with van der Waals surface area (Å²) >= 11 is 3.03. The van der Waals surface area contributed by atoms with Crippen molar-refractivity contribution in [2.75, 3.05) is 6.61 Å². The summed E-state index contributed by atoms with van der Waals surface area (Å²) in [6, 6.07) is 4.09. The molecule has 0 atom stereocenters. The van der Waals surface area contributed by atoms with Crippen molar-refractivity contribution >= 4 is 21.8 Å². The predicted octanol–water partition coefficient (Wildman–Crippen LogP) is 2.48. The van der Waals surface area contributed by atoms with Gasteiger partial charge in [0.25, 0.3) is 5.91 Å². The first-order chi connectivity index (χ1) is 7.85. The van der Waals surface area contributed by atoms with Crippen LogP contribution in [0.1, 0.15) is 30.6 Å². The number of carbonyl (C=O) groups is 1. The number of hydrogen-bond acceptors (Lipinski definition) is 2. The first-order valence-electron chi connectivity index (χ1n) is 5.24. The van der Waals surface area contributed by atoms with E-state index in [1.165, 1.54) is 18.2 Å². The number of hydrogen-bond donors (Lipinski definition) is 2. The van der Waals surface area contributed by atoms with Crippen molar-refractivity contribution in [3.05, 3.63) is 34.1 Å². The molecule has 0 saturated heterocycles. The van der Waals surface area contributed by atoms with Crippen LogP contribution in [0.25, 0.3) is 0 Å². The average molecular weight is 304 g/mol. The zero-order valence-corrected chi connectivity index (χ0v) is 11.3. The Morgan fingerprint density at radius 2 is 2.18 bits per heavy atom. The monoisotopic (exact) mass is 303 g/mol. The highest BCUT2D eigenvalue weighted by atomic mass is 79.9. The minimum absolute atomic E-state index is 0.000389. The molecule has 3 nitrogen and oxygen atoms in total. The Morgan fingerprint density at radius 3 is 2.71 bits per heavy atom. The van der Waals surface area contributed by atoms with Gasteiger partial charge in [-0.05, 0) is 54.4 Å². The van der Waals surface area contributed by atoms with E-state index in [9.17, 15) is 9.18 Å². The van der Waals surface area contributed by atoms with Gasteiger partial charge in [0.05, 0.1) is 4.47 Å². The standard InChI is InChI=1S/C12H15BrFNO2/c1-12(2,5-6-16)15-11(17)8-3-4-10(14)9(13)7-8/h3-4,7,16H,5-6H2,1-2H3,(H,15,17). The average Bonchev–Trinajstić information content (AvgIpc) is 2.21. The van der Waals surface area contributed by atoms with Crippen molar-refractivity contribution in [2.24, 2.45) is 0 Å². The van der Waals surface area contributed by atoms with Crippen LogP contribution >= 0.6 is 15.9 Å². The number of aliphatic hydroxyl groups excluding tert-OH is 1. The third-order valence-electron chi connectivity index (χ3n) is 2.37. The van der Waals surface area contributed by atoms with Gasteiger partial charge < -0.3 is 10.4 Å². The molecule has 0 spiro atoms. The van der Waals surface area contributed by atoms with Crippen LogP contribution in [-0.4, -0.2) is 23.2 Å². The van der Waals surface area contributed by atoms with Crippen molar-refractivity contribution in [2.45, 2.75) is 25.8 Å². The summed E-state index contributed by atoms with van der Waals surface area (Å²) in [7, 11) is 0. The predicted molar refractivity (Wildman–Crippen MR) is 67.3 cm³/mol. The van der Waals surface area contributed by atoms with Crippen LogP contribution in [0.4, 0.5) is 4.39 Å². The molecular formula is C12H15BrFNO2. The summed E-state index contributed by atoms with van der Waals surface area (Å²) in [4.78, 5) is 11.9. The molecule has 17 heavy (non-hydrogen) atoms. The molecule has 1 aromatic carbocycles. The van der Waals surface area contributed by atoms with Gasteiger partial charge in [-0.2, -0.15) is 0 Å². The second kappa shape index (κ2) is 5.60. The van der Waals surface area contributed by atoms with Gasteiger partial charge in [0.15, 0.2) is 0 Å². The van der Waals surface area contributed by atoms with Crippen LogP contribution in [0.3, 0.4) is 0 Å². The summed E-state index contributed by atoms with van der Waals surface area (Å²) in [6.45, 7) is 3.64. The summed E-state index contributed by atoms with van der Waals surface area (Å²) in [5.74, 6) is -0.694. The lowest BCUT2D eigenvalue weighted by Gasteiger charge is -2.25. The summed E-state index contributed by atoms with van der Waals surface area (Å²) < 4.78 is 13.3. The third-order valence-corrected chi connectivity index (χ3v) is 2.98. The molecule has 0 radical (unpaired) electrons. The maximum Gasteiger partial charge on any atom is 0.251 e.